The third kappa shape index (κ3) is 3.57. The lowest BCUT2D eigenvalue weighted by molar-refractivity contribution is 0.0925. The summed E-state index contributed by atoms with van der Waals surface area (Å²) in [5.74, 6) is -0.151. The number of aliphatic hydroxyl groups excluding tert-OH is 1. The molecule has 18 heavy (non-hydrogen) atoms. The standard InChI is InChI=1S/C13H23N3O2/c1-9(6-7-17)14-12(18)10-8-11(13(2,3)4)15-16(10)5/h8-9,17H,6-7H2,1-5H3,(H,14,18). The van der Waals surface area contributed by atoms with Crippen molar-refractivity contribution in [3.8, 4) is 0 Å². The van der Waals surface area contributed by atoms with Crippen molar-refractivity contribution in [1.82, 2.24) is 15.1 Å². The molecule has 2 N–H and O–H groups in total. The minimum Gasteiger partial charge on any atom is -0.396 e. The highest BCUT2D eigenvalue weighted by Crippen LogP contribution is 2.21. The number of carbonyl (C=O) groups excluding carboxylic acids is 1. The first-order valence-electron chi connectivity index (χ1n) is 6.22. The number of nitrogens with zero attached hydrogens (tertiary/aromatic N) is 2. The molecule has 5 nitrogen and oxygen atoms in total. The van der Waals surface area contributed by atoms with Gasteiger partial charge in [-0.05, 0) is 19.4 Å². The van der Waals surface area contributed by atoms with Crippen LogP contribution < -0.4 is 5.32 Å². The molecule has 0 aliphatic carbocycles. The van der Waals surface area contributed by atoms with Crippen molar-refractivity contribution in [2.24, 2.45) is 7.05 Å². The Morgan fingerprint density at radius 3 is 2.61 bits per heavy atom. The number of hydrogen-bond acceptors (Lipinski definition) is 3. The van der Waals surface area contributed by atoms with Crippen molar-refractivity contribution in [3.05, 3.63) is 17.5 Å². The molecule has 0 spiro atoms. The molecule has 1 heterocycles. The van der Waals surface area contributed by atoms with Crippen LogP contribution in [0.3, 0.4) is 0 Å². The summed E-state index contributed by atoms with van der Waals surface area (Å²) in [6.07, 6.45) is 0.551. The normalized spacial score (nSPS) is 13.4. The van der Waals surface area contributed by atoms with Crippen LogP contribution in [0, 0.1) is 0 Å². The largest absolute Gasteiger partial charge is 0.396 e. The van der Waals surface area contributed by atoms with Crippen LogP contribution in [0.4, 0.5) is 0 Å². The Bertz CT molecular complexity index is 418. The van der Waals surface area contributed by atoms with E-state index in [1.807, 2.05) is 13.0 Å². The van der Waals surface area contributed by atoms with Crippen LogP contribution in [-0.4, -0.2) is 33.4 Å². The van der Waals surface area contributed by atoms with Crippen molar-refractivity contribution in [2.45, 2.75) is 45.6 Å². The zero-order valence-electron chi connectivity index (χ0n) is 11.8. The Morgan fingerprint density at radius 1 is 1.56 bits per heavy atom. The predicted molar refractivity (Wildman–Crippen MR) is 70.5 cm³/mol. The molecule has 1 atom stereocenters. The van der Waals surface area contributed by atoms with E-state index in [1.54, 1.807) is 11.7 Å². The molecule has 1 rings (SSSR count). The van der Waals surface area contributed by atoms with E-state index in [0.717, 1.165) is 5.69 Å². The summed E-state index contributed by atoms with van der Waals surface area (Å²) in [4.78, 5) is 12.0. The molecule has 0 saturated heterocycles. The maximum absolute atomic E-state index is 12.0. The third-order valence-electron chi connectivity index (χ3n) is 2.82. The predicted octanol–water partition coefficient (Wildman–Crippen LogP) is 1.22. The fourth-order valence-electron chi connectivity index (χ4n) is 1.61. The van der Waals surface area contributed by atoms with E-state index in [0.29, 0.717) is 12.1 Å². The van der Waals surface area contributed by atoms with Crippen molar-refractivity contribution in [3.63, 3.8) is 0 Å². The minimum atomic E-state index is -0.151. The van der Waals surface area contributed by atoms with E-state index in [2.05, 4.69) is 31.2 Å². The maximum Gasteiger partial charge on any atom is 0.269 e. The molecule has 5 heteroatoms. The lowest BCUT2D eigenvalue weighted by Crippen LogP contribution is -2.34. The van der Waals surface area contributed by atoms with Crippen LogP contribution in [0.5, 0.6) is 0 Å². The van der Waals surface area contributed by atoms with Crippen molar-refractivity contribution in [2.75, 3.05) is 6.61 Å². The van der Waals surface area contributed by atoms with Crippen LogP contribution >= 0.6 is 0 Å². The molecule has 1 amide bonds. The average molecular weight is 253 g/mol. The number of aryl methyl sites for hydroxylation is 1. The molecule has 0 bridgehead atoms. The molecule has 0 aliphatic heterocycles. The van der Waals surface area contributed by atoms with Gasteiger partial charge in [-0.3, -0.25) is 9.48 Å². The summed E-state index contributed by atoms with van der Waals surface area (Å²) in [5.41, 5.74) is 1.36. The van der Waals surface area contributed by atoms with E-state index in [1.165, 1.54) is 0 Å². The Balaban J connectivity index is 2.84. The van der Waals surface area contributed by atoms with Gasteiger partial charge >= 0.3 is 0 Å². The fourth-order valence-corrected chi connectivity index (χ4v) is 1.61. The average Bonchev–Trinajstić information content (AvgIpc) is 2.60. The van der Waals surface area contributed by atoms with Crippen molar-refractivity contribution < 1.29 is 9.90 Å². The summed E-state index contributed by atoms with van der Waals surface area (Å²) in [6, 6.07) is 1.77. The van der Waals surface area contributed by atoms with E-state index in [4.69, 9.17) is 5.11 Å². The second kappa shape index (κ2) is 5.52. The number of carbonyl (C=O) groups is 1. The van der Waals surface area contributed by atoms with Gasteiger partial charge in [-0.15, -0.1) is 0 Å². The smallest absolute Gasteiger partial charge is 0.269 e. The van der Waals surface area contributed by atoms with Crippen molar-refractivity contribution >= 4 is 5.91 Å². The zero-order valence-corrected chi connectivity index (χ0v) is 11.8. The van der Waals surface area contributed by atoms with Gasteiger partial charge in [0.1, 0.15) is 5.69 Å². The Morgan fingerprint density at radius 2 is 2.17 bits per heavy atom. The summed E-state index contributed by atoms with van der Waals surface area (Å²) >= 11 is 0. The Hall–Kier alpha value is -1.36. The summed E-state index contributed by atoms with van der Waals surface area (Å²) < 4.78 is 1.60. The molecule has 1 aromatic heterocycles. The second-order valence-corrected chi connectivity index (χ2v) is 5.68. The van der Waals surface area contributed by atoms with Crippen molar-refractivity contribution in [1.29, 1.82) is 0 Å². The molecule has 0 radical (unpaired) electrons. The summed E-state index contributed by atoms with van der Waals surface area (Å²) in [5, 5.41) is 16.0. The van der Waals surface area contributed by atoms with E-state index in [-0.39, 0.29) is 24.0 Å². The summed E-state index contributed by atoms with van der Waals surface area (Å²) in [6.45, 7) is 8.12. The quantitative estimate of drug-likeness (QED) is 0.847. The first-order valence-corrected chi connectivity index (χ1v) is 6.22. The van der Waals surface area contributed by atoms with Gasteiger partial charge < -0.3 is 10.4 Å². The monoisotopic (exact) mass is 253 g/mol. The van der Waals surface area contributed by atoms with Crippen LogP contribution in [-0.2, 0) is 12.5 Å². The van der Waals surface area contributed by atoms with Gasteiger partial charge in [-0.1, -0.05) is 20.8 Å². The highest BCUT2D eigenvalue weighted by molar-refractivity contribution is 5.92. The van der Waals surface area contributed by atoms with Gasteiger partial charge in [0.15, 0.2) is 0 Å². The van der Waals surface area contributed by atoms with Gasteiger partial charge in [0.2, 0.25) is 0 Å². The van der Waals surface area contributed by atoms with Gasteiger partial charge in [0, 0.05) is 25.1 Å². The SMILES string of the molecule is CC(CCO)NC(=O)c1cc(C(C)(C)C)nn1C. The summed E-state index contributed by atoms with van der Waals surface area (Å²) in [7, 11) is 1.76. The lowest BCUT2D eigenvalue weighted by Gasteiger charge is -2.13. The molecule has 0 saturated carbocycles. The molecule has 102 valence electrons. The highest BCUT2D eigenvalue weighted by Gasteiger charge is 2.22. The number of aliphatic hydroxyl groups is 1. The first kappa shape index (κ1) is 14.7. The number of rotatable bonds is 4. The van der Waals surface area contributed by atoms with Crippen LogP contribution in [0.1, 0.15) is 50.3 Å². The second-order valence-electron chi connectivity index (χ2n) is 5.68. The van der Waals surface area contributed by atoms with Gasteiger partial charge in [0.05, 0.1) is 5.69 Å². The van der Waals surface area contributed by atoms with Crippen LogP contribution in [0.25, 0.3) is 0 Å². The lowest BCUT2D eigenvalue weighted by atomic mass is 9.92. The third-order valence-corrected chi connectivity index (χ3v) is 2.82. The number of hydrogen-bond donors (Lipinski definition) is 2. The van der Waals surface area contributed by atoms with E-state index < -0.39 is 0 Å². The number of aromatic nitrogens is 2. The van der Waals surface area contributed by atoms with Crippen LogP contribution in [0.15, 0.2) is 6.07 Å². The van der Waals surface area contributed by atoms with Gasteiger partial charge in [-0.2, -0.15) is 5.10 Å². The molecule has 0 aromatic carbocycles. The molecular formula is C13H23N3O2. The number of nitrogens with one attached hydrogen (secondary N) is 1. The number of amides is 1. The highest BCUT2D eigenvalue weighted by atomic mass is 16.3. The van der Waals surface area contributed by atoms with Gasteiger partial charge in [-0.25, -0.2) is 0 Å². The zero-order chi connectivity index (χ0) is 13.9. The van der Waals surface area contributed by atoms with Crippen LogP contribution in [0.2, 0.25) is 0 Å². The van der Waals surface area contributed by atoms with Gasteiger partial charge in [0.25, 0.3) is 5.91 Å². The minimum absolute atomic E-state index is 0.0458. The Labute approximate surface area is 108 Å². The van der Waals surface area contributed by atoms with E-state index in [9.17, 15) is 4.79 Å². The first-order chi connectivity index (χ1) is 8.25. The molecule has 0 aliphatic rings. The maximum atomic E-state index is 12.0. The molecule has 0 fully saturated rings. The topological polar surface area (TPSA) is 67.2 Å². The van der Waals surface area contributed by atoms with E-state index >= 15 is 0 Å². The molecule has 1 unspecified atom stereocenters. The molecule has 1 aromatic rings. The fraction of sp³-hybridized carbons (Fsp3) is 0.692. The Kier molecular flexibility index (Phi) is 4.51. The molecular weight excluding hydrogens is 230 g/mol.